The molecule has 0 atom stereocenters. The molecule has 3 nitrogen and oxygen atoms in total. The summed E-state index contributed by atoms with van der Waals surface area (Å²) < 4.78 is 41.6. The highest BCUT2D eigenvalue weighted by atomic mass is 32.2. The Morgan fingerprint density at radius 2 is 2.06 bits per heavy atom. The second-order valence-corrected chi connectivity index (χ2v) is 4.44. The number of hydrogen-bond acceptors (Lipinski definition) is 4. The van der Waals surface area contributed by atoms with Crippen molar-refractivity contribution in [3.63, 3.8) is 0 Å². The number of ether oxygens (including phenoxy) is 1. The molecule has 0 radical (unpaired) electrons. The normalized spacial score (nSPS) is 10.9. The highest BCUT2D eigenvalue weighted by molar-refractivity contribution is 8.00. The van der Waals surface area contributed by atoms with Crippen molar-refractivity contribution in [2.24, 2.45) is 0 Å². The first-order valence-electron chi connectivity index (χ1n) is 4.67. The SMILES string of the molecule is COC(=O)c1c(C#N)cc(C)cc1SC(F)(F)F. The van der Waals surface area contributed by atoms with Gasteiger partial charge in [-0.15, -0.1) is 0 Å². The molecule has 0 spiro atoms. The minimum atomic E-state index is -4.54. The van der Waals surface area contributed by atoms with Crippen LogP contribution >= 0.6 is 11.8 Å². The van der Waals surface area contributed by atoms with Gasteiger partial charge < -0.3 is 4.74 Å². The molecule has 0 aliphatic carbocycles. The topological polar surface area (TPSA) is 50.1 Å². The molecule has 0 aliphatic heterocycles. The zero-order valence-corrected chi connectivity index (χ0v) is 10.3. The van der Waals surface area contributed by atoms with E-state index in [0.717, 1.165) is 7.11 Å². The molecule has 0 amide bonds. The van der Waals surface area contributed by atoms with Crippen LogP contribution in [0.15, 0.2) is 17.0 Å². The summed E-state index contributed by atoms with van der Waals surface area (Å²) in [5.41, 5.74) is -4.56. The third-order valence-corrected chi connectivity index (χ3v) is 2.76. The summed E-state index contributed by atoms with van der Waals surface area (Å²) in [7, 11) is 1.05. The van der Waals surface area contributed by atoms with Gasteiger partial charge in [0.05, 0.1) is 18.2 Å². The lowest BCUT2D eigenvalue weighted by atomic mass is 10.1. The minimum Gasteiger partial charge on any atom is -0.465 e. The fourth-order valence-corrected chi connectivity index (χ4v) is 2.15. The molecule has 7 heteroatoms. The van der Waals surface area contributed by atoms with Crippen molar-refractivity contribution in [2.45, 2.75) is 17.3 Å². The van der Waals surface area contributed by atoms with Gasteiger partial charge in [-0.3, -0.25) is 0 Å². The number of thioether (sulfide) groups is 1. The second-order valence-electron chi connectivity index (χ2n) is 3.34. The number of carbonyl (C=O) groups excluding carboxylic acids is 1. The maximum atomic E-state index is 12.4. The molecule has 0 aliphatic rings. The first-order valence-corrected chi connectivity index (χ1v) is 5.49. The summed E-state index contributed by atoms with van der Waals surface area (Å²) in [5.74, 6) is -0.960. The van der Waals surface area contributed by atoms with Crippen LogP contribution in [0.1, 0.15) is 21.5 Å². The summed E-state index contributed by atoms with van der Waals surface area (Å²) in [6, 6.07) is 4.24. The number of methoxy groups -OCH3 is 1. The van der Waals surface area contributed by atoms with Gasteiger partial charge in [0.25, 0.3) is 0 Å². The van der Waals surface area contributed by atoms with Crippen LogP contribution in [-0.2, 0) is 4.74 Å². The monoisotopic (exact) mass is 275 g/mol. The number of hydrogen-bond donors (Lipinski definition) is 0. The molecule has 0 bridgehead atoms. The van der Waals surface area contributed by atoms with E-state index in [4.69, 9.17) is 5.26 Å². The Hall–Kier alpha value is -1.68. The minimum absolute atomic E-state index is 0.131. The fraction of sp³-hybridized carbons (Fsp3) is 0.273. The standard InChI is InChI=1S/C11H8F3NO2S/c1-6-3-7(5-15)9(10(16)17-2)8(4-6)18-11(12,13)14/h3-4H,1-2H3. The molecule has 0 saturated heterocycles. The van der Waals surface area contributed by atoms with Crippen LogP contribution in [0.2, 0.25) is 0 Å². The van der Waals surface area contributed by atoms with Crippen molar-refractivity contribution in [1.82, 2.24) is 0 Å². The third-order valence-electron chi connectivity index (χ3n) is 1.98. The maximum Gasteiger partial charge on any atom is 0.446 e. The van der Waals surface area contributed by atoms with Crippen molar-refractivity contribution >= 4 is 17.7 Å². The Bertz CT molecular complexity index is 520. The van der Waals surface area contributed by atoms with Crippen LogP contribution in [0.4, 0.5) is 13.2 Å². The second kappa shape index (κ2) is 5.31. The van der Waals surface area contributed by atoms with Gasteiger partial charge in [0.15, 0.2) is 0 Å². The van der Waals surface area contributed by atoms with E-state index in [1.54, 1.807) is 13.0 Å². The van der Waals surface area contributed by atoms with Gasteiger partial charge in [-0.1, -0.05) is 0 Å². The lowest BCUT2D eigenvalue weighted by Gasteiger charge is -2.12. The molecule has 1 aromatic carbocycles. The van der Waals surface area contributed by atoms with Crippen LogP contribution in [0.5, 0.6) is 0 Å². The fourth-order valence-electron chi connectivity index (χ4n) is 1.36. The van der Waals surface area contributed by atoms with Crippen LogP contribution in [0.3, 0.4) is 0 Å². The Kier molecular flexibility index (Phi) is 4.24. The lowest BCUT2D eigenvalue weighted by Crippen LogP contribution is -2.09. The predicted octanol–water partition coefficient (Wildman–Crippen LogP) is 3.27. The molecule has 1 aromatic rings. The molecule has 18 heavy (non-hydrogen) atoms. The van der Waals surface area contributed by atoms with E-state index in [2.05, 4.69) is 4.74 Å². The van der Waals surface area contributed by atoms with Gasteiger partial charge in [0.2, 0.25) is 0 Å². The van der Waals surface area contributed by atoms with E-state index in [1.165, 1.54) is 12.1 Å². The Morgan fingerprint density at radius 1 is 1.44 bits per heavy atom. The van der Waals surface area contributed by atoms with Crippen molar-refractivity contribution in [2.75, 3.05) is 7.11 Å². The van der Waals surface area contributed by atoms with Crippen molar-refractivity contribution < 1.29 is 22.7 Å². The number of halogens is 3. The summed E-state index contributed by atoms with van der Waals surface area (Å²) in [4.78, 5) is 11.1. The summed E-state index contributed by atoms with van der Waals surface area (Å²) in [6.07, 6.45) is 0. The zero-order valence-electron chi connectivity index (χ0n) is 9.46. The Labute approximate surface area is 106 Å². The van der Waals surface area contributed by atoms with E-state index in [-0.39, 0.29) is 16.0 Å². The molecule has 0 N–H and O–H groups in total. The highest BCUT2D eigenvalue weighted by Gasteiger charge is 2.32. The first kappa shape index (κ1) is 14.4. The Morgan fingerprint density at radius 3 is 2.50 bits per heavy atom. The van der Waals surface area contributed by atoms with E-state index < -0.39 is 23.2 Å². The molecule has 1 rings (SSSR count). The number of rotatable bonds is 2. The van der Waals surface area contributed by atoms with Gasteiger partial charge in [-0.05, 0) is 36.4 Å². The molecule has 96 valence electrons. The van der Waals surface area contributed by atoms with Gasteiger partial charge in [0, 0.05) is 4.90 Å². The van der Waals surface area contributed by atoms with E-state index in [1.807, 2.05) is 0 Å². The number of nitriles is 1. The van der Waals surface area contributed by atoms with Gasteiger partial charge in [-0.25, -0.2) is 4.79 Å². The average molecular weight is 275 g/mol. The number of nitrogens with zero attached hydrogens (tertiary/aromatic N) is 1. The number of aryl methyl sites for hydroxylation is 1. The number of alkyl halides is 3. The number of esters is 1. The first-order chi connectivity index (χ1) is 8.28. The van der Waals surface area contributed by atoms with Crippen LogP contribution in [0, 0.1) is 18.3 Å². The van der Waals surface area contributed by atoms with E-state index >= 15 is 0 Å². The Balaban J connectivity index is 3.43. The van der Waals surface area contributed by atoms with Crippen LogP contribution < -0.4 is 0 Å². The van der Waals surface area contributed by atoms with E-state index in [9.17, 15) is 18.0 Å². The summed E-state index contributed by atoms with van der Waals surface area (Å²) >= 11 is -0.437. The van der Waals surface area contributed by atoms with Crippen molar-refractivity contribution in [1.29, 1.82) is 5.26 Å². The van der Waals surface area contributed by atoms with Crippen LogP contribution in [0.25, 0.3) is 0 Å². The molecule has 0 unspecified atom stereocenters. The number of benzene rings is 1. The molecular formula is C11H8F3NO2S. The van der Waals surface area contributed by atoms with Gasteiger partial charge >= 0.3 is 11.5 Å². The molecule has 0 aromatic heterocycles. The van der Waals surface area contributed by atoms with E-state index in [0.29, 0.717) is 5.56 Å². The number of carbonyl (C=O) groups is 1. The van der Waals surface area contributed by atoms with Crippen LogP contribution in [-0.4, -0.2) is 18.6 Å². The van der Waals surface area contributed by atoms with Crippen molar-refractivity contribution in [3.05, 3.63) is 28.8 Å². The average Bonchev–Trinajstić information content (AvgIpc) is 2.25. The molecular weight excluding hydrogens is 267 g/mol. The lowest BCUT2D eigenvalue weighted by molar-refractivity contribution is -0.0328. The third kappa shape index (κ3) is 3.40. The molecule has 0 fully saturated rings. The van der Waals surface area contributed by atoms with Gasteiger partial charge in [0.1, 0.15) is 6.07 Å². The maximum absolute atomic E-state index is 12.4. The largest absolute Gasteiger partial charge is 0.465 e. The highest BCUT2D eigenvalue weighted by Crippen LogP contribution is 2.40. The summed E-state index contributed by atoms with van der Waals surface area (Å²) in [5, 5.41) is 8.86. The molecule has 0 heterocycles. The summed E-state index contributed by atoms with van der Waals surface area (Å²) in [6.45, 7) is 1.54. The quantitative estimate of drug-likeness (QED) is 0.614. The zero-order chi connectivity index (χ0) is 13.9. The predicted molar refractivity (Wildman–Crippen MR) is 59.1 cm³/mol. The smallest absolute Gasteiger partial charge is 0.446 e. The van der Waals surface area contributed by atoms with Crippen molar-refractivity contribution in [3.8, 4) is 6.07 Å². The molecule has 0 saturated carbocycles. The van der Waals surface area contributed by atoms with Gasteiger partial charge in [-0.2, -0.15) is 18.4 Å².